The Balaban J connectivity index is 2.21. The van der Waals surface area contributed by atoms with E-state index in [9.17, 15) is 23.1 Å². The highest BCUT2D eigenvalue weighted by atomic mass is 19.4. The summed E-state index contributed by atoms with van der Waals surface area (Å²) in [5, 5.41) is 9.27. The highest BCUT2D eigenvalue weighted by Crippen LogP contribution is 2.30. The molecule has 1 N–H and O–H groups in total. The number of halogens is 3. The third kappa shape index (κ3) is 4.48. The van der Waals surface area contributed by atoms with Crippen molar-refractivity contribution in [3.05, 3.63) is 65.2 Å². The number of carbonyl (C=O) groups is 1. The van der Waals surface area contributed by atoms with E-state index in [0.29, 0.717) is 5.75 Å². The SMILES string of the molecule is Cc1ccccc1O[C@H](Cc1cccc(C(F)(F)F)c1)C(=O)O. The molecule has 3 nitrogen and oxygen atoms in total. The summed E-state index contributed by atoms with van der Waals surface area (Å²) in [5.74, 6) is -0.836. The summed E-state index contributed by atoms with van der Waals surface area (Å²) in [7, 11) is 0. The number of hydrogen-bond acceptors (Lipinski definition) is 2. The molecule has 0 fully saturated rings. The molecule has 0 aromatic heterocycles. The summed E-state index contributed by atoms with van der Waals surface area (Å²) in [4.78, 5) is 11.4. The predicted molar refractivity (Wildman–Crippen MR) is 78.4 cm³/mol. The first-order valence-electron chi connectivity index (χ1n) is 6.88. The van der Waals surface area contributed by atoms with Crippen molar-refractivity contribution in [3.63, 3.8) is 0 Å². The quantitative estimate of drug-likeness (QED) is 0.901. The normalized spacial score (nSPS) is 12.7. The number of hydrogen-bond donors (Lipinski definition) is 1. The summed E-state index contributed by atoms with van der Waals surface area (Å²) >= 11 is 0. The summed E-state index contributed by atoms with van der Waals surface area (Å²) in [5.41, 5.74) is 0.193. The number of ether oxygens (including phenoxy) is 1. The molecule has 0 aliphatic heterocycles. The maximum atomic E-state index is 12.7. The van der Waals surface area contributed by atoms with Crippen LogP contribution in [0.2, 0.25) is 0 Å². The third-order valence-electron chi connectivity index (χ3n) is 3.31. The number of rotatable bonds is 5. The van der Waals surface area contributed by atoms with Crippen molar-refractivity contribution in [2.24, 2.45) is 0 Å². The Bertz CT molecular complexity index is 695. The zero-order valence-electron chi connectivity index (χ0n) is 12.3. The first-order chi connectivity index (χ1) is 10.8. The number of para-hydroxylation sites is 1. The average Bonchev–Trinajstić information content (AvgIpc) is 2.48. The Labute approximate surface area is 131 Å². The van der Waals surface area contributed by atoms with Crippen molar-refractivity contribution in [2.45, 2.75) is 25.6 Å². The lowest BCUT2D eigenvalue weighted by atomic mass is 10.0. The van der Waals surface area contributed by atoms with Crippen LogP contribution in [0.4, 0.5) is 13.2 Å². The van der Waals surface area contributed by atoms with Gasteiger partial charge in [-0.3, -0.25) is 0 Å². The smallest absolute Gasteiger partial charge is 0.416 e. The van der Waals surface area contributed by atoms with Crippen LogP contribution < -0.4 is 4.74 Å². The van der Waals surface area contributed by atoms with E-state index in [1.54, 1.807) is 31.2 Å². The van der Waals surface area contributed by atoms with Gasteiger partial charge < -0.3 is 9.84 Å². The lowest BCUT2D eigenvalue weighted by Crippen LogP contribution is -2.29. The molecule has 0 saturated heterocycles. The van der Waals surface area contributed by atoms with Crippen LogP contribution in [0, 0.1) is 6.92 Å². The molecule has 1 atom stereocenters. The number of alkyl halides is 3. The molecule has 122 valence electrons. The van der Waals surface area contributed by atoms with Gasteiger partial charge in [0, 0.05) is 6.42 Å². The molecule has 0 spiro atoms. The molecule has 6 heteroatoms. The minimum atomic E-state index is -4.47. The molecule has 23 heavy (non-hydrogen) atoms. The molecule has 0 heterocycles. The molecule has 2 aromatic carbocycles. The maximum Gasteiger partial charge on any atom is 0.416 e. The van der Waals surface area contributed by atoms with Crippen molar-refractivity contribution in [3.8, 4) is 5.75 Å². The van der Waals surface area contributed by atoms with Crippen molar-refractivity contribution >= 4 is 5.97 Å². The standard InChI is InChI=1S/C17H15F3O3/c1-11-5-2-3-8-14(11)23-15(16(21)22)10-12-6-4-7-13(9-12)17(18,19)20/h2-9,15H,10H2,1H3,(H,21,22)/t15-/m1/s1. The zero-order chi connectivity index (χ0) is 17.0. The first kappa shape index (κ1) is 16.9. The monoisotopic (exact) mass is 324 g/mol. The van der Waals surface area contributed by atoms with Gasteiger partial charge in [0.25, 0.3) is 0 Å². The number of aryl methyl sites for hydroxylation is 1. The average molecular weight is 324 g/mol. The van der Waals surface area contributed by atoms with Gasteiger partial charge in [-0.1, -0.05) is 36.4 Å². The van der Waals surface area contributed by atoms with Gasteiger partial charge >= 0.3 is 12.1 Å². The van der Waals surface area contributed by atoms with E-state index in [4.69, 9.17) is 4.74 Å². The molecular weight excluding hydrogens is 309 g/mol. The van der Waals surface area contributed by atoms with Crippen molar-refractivity contribution in [1.29, 1.82) is 0 Å². The van der Waals surface area contributed by atoms with Gasteiger partial charge in [-0.05, 0) is 30.2 Å². The molecule has 0 amide bonds. The largest absolute Gasteiger partial charge is 0.478 e. The van der Waals surface area contributed by atoms with E-state index in [0.717, 1.165) is 17.7 Å². The lowest BCUT2D eigenvalue weighted by molar-refractivity contribution is -0.145. The molecule has 0 bridgehead atoms. The highest BCUT2D eigenvalue weighted by molar-refractivity contribution is 5.73. The van der Waals surface area contributed by atoms with E-state index in [-0.39, 0.29) is 12.0 Å². The topological polar surface area (TPSA) is 46.5 Å². The van der Waals surface area contributed by atoms with Crippen molar-refractivity contribution < 1.29 is 27.8 Å². The second-order valence-electron chi connectivity index (χ2n) is 5.11. The van der Waals surface area contributed by atoms with Gasteiger partial charge in [-0.25, -0.2) is 4.79 Å². The Morgan fingerprint density at radius 3 is 2.48 bits per heavy atom. The number of carboxylic acids is 1. The third-order valence-corrected chi connectivity index (χ3v) is 3.31. The van der Waals surface area contributed by atoms with Crippen LogP contribution in [-0.4, -0.2) is 17.2 Å². The molecule has 0 aliphatic carbocycles. The van der Waals surface area contributed by atoms with Gasteiger partial charge in [-0.15, -0.1) is 0 Å². The zero-order valence-corrected chi connectivity index (χ0v) is 12.3. The molecule has 0 saturated carbocycles. The van der Waals surface area contributed by atoms with Crippen LogP contribution >= 0.6 is 0 Å². The fraction of sp³-hybridized carbons (Fsp3) is 0.235. The van der Waals surface area contributed by atoms with E-state index < -0.39 is 23.8 Å². The molecular formula is C17H15F3O3. The van der Waals surface area contributed by atoms with Crippen LogP contribution in [0.5, 0.6) is 5.75 Å². The number of carboxylic acid groups (broad SMARTS) is 1. The summed E-state index contributed by atoms with van der Waals surface area (Å²) in [6, 6.07) is 11.5. The Morgan fingerprint density at radius 2 is 1.87 bits per heavy atom. The molecule has 2 aromatic rings. The van der Waals surface area contributed by atoms with Crippen LogP contribution in [0.25, 0.3) is 0 Å². The van der Waals surface area contributed by atoms with Gasteiger partial charge in [-0.2, -0.15) is 13.2 Å². The van der Waals surface area contributed by atoms with Crippen LogP contribution in [0.15, 0.2) is 48.5 Å². The van der Waals surface area contributed by atoms with E-state index >= 15 is 0 Å². The summed E-state index contributed by atoms with van der Waals surface area (Å²) in [6.07, 6.45) is -5.89. The fourth-order valence-corrected chi connectivity index (χ4v) is 2.11. The van der Waals surface area contributed by atoms with Gasteiger partial charge in [0.15, 0.2) is 6.10 Å². The lowest BCUT2D eigenvalue weighted by Gasteiger charge is -2.17. The molecule has 0 unspecified atom stereocenters. The Hall–Kier alpha value is -2.50. The minimum Gasteiger partial charge on any atom is -0.478 e. The van der Waals surface area contributed by atoms with Crippen LogP contribution in [-0.2, 0) is 17.4 Å². The molecule has 2 rings (SSSR count). The molecule has 0 aliphatic rings. The van der Waals surface area contributed by atoms with Crippen LogP contribution in [0.3, 0.4) is 0 Å². The maximum absolute atomic E-state index is 12.7. The second-order valence-corrected chi connectivity index (χ2v) is 5.11. The fourth-order valence-electron chi connectivity index (χ4n) is 2.11. The minimum absolute atomic E-state index is 0.159. The van der Waals surface area contributed by atoms with Crippen molar-refractivity contribution in [2.75, 3.05) is 0 Å². The first-order valence-corrected chi connectivity index (χ1v) is 6.88. The second kappa shape index (κ2) is 6.73. The Morgan fingerprint density at radius 1 is 1.17 bits per heavy atom. The number of aliphatic carboxylic acids is 1. The van der Waals surface area contributed by atoms with Gasteiger partial charge in [0.2, 0.25) is 0 Å². The van der Waals surface area contributed by atoms with E-state index in [2.05, 4.69) is 0 Å². The number of benzene rings is 2. The predicted octanol–water partition coefficient (Wildman–Crippen LogP) is 4.09. The van der Waals surface area contributed by atoms with E-state index in [1.807, 2.05) is 0 Å². The van der Waals surface area contributed by atoms with Crippen LogP contribution in [0.1, 0.15) is 16.7 Å². The highest BCUT2D eigenvalue weighted by Gasteiger charge is 2.31. The summed E-state index contributed by atoms with van der Waals surface area (Å²) < 4.78 is 43.6. The molecule has 0 radical (unpaired) electrons. The van der Waals surface area contributed by atoms with Gasteiger partial charge in [0.05, 0.1) is 5.56 Å². The van der Waals surface area contributed by atoms with E-state index in [1.165, 1.54) is 12.1 Å². The summed E-state index contributed by atoms with van der Waals surface area (Å²) in [6.45, 7) is 1.76. The van der Waals surface area contributed by atoms with Gasteiger partial charge in [0.1, 0.15) is 5.75 Å². The van der Waals surface area contributed by atoms with Crippen molar-refractivity contribution in [1.82, 2.24) is 0 Å². The Kier molecular flexibility index (Phi) is 4.93.